The molecule has 0 spiro atoms. The highest BCUT2D eigenvalue weighted by Gasteiger charge is 2.06. The molecule has 6 heteroatoms. The van der Waals surface area contributed by atoms with Gasteiger partial charge in [-0.3, -0.25) is 9.98 Å². The minimum absolute atomic E-state index is 0.647. The van der Waals surface area contributed by atoms with Crippen molar-refractivity contribution in [2.75, 3.05) is 27.3 Å². The van der Waals surface area contributed by atoms with Gasteiger partial charge in [-0.05, 0) is 36.2 Å². The molecule has 0 amide bonds. The molecule has 6 nitrogen and oxygen atoms in total. The number of ether oxygens (including phenoxy) is 2. The number of methoxy groups -OCH3 is 1. The summed E-state index contributed by atoms with van der Waals surface area (Å²) in [6.07, 6.45) is 3.62. The zero-order valence-electron chi connectivity index (χ0n) is 15.8. The zero-order valence-corrected chi connectivity index (χ0v) is 15.8. The Bertz CT molecular complexity index is 689. The van der Waals surface area contributed by atoms with Crippen LogP contribution < -0.4 is 20.1 Å². The van der Waals surface area contributed by atoms with Gasteiger partial charge >= 0.3 is 0 Å². The van der Waals surface area contributed by atoms with Gasteiger partial charge in [-0.2, -0.15) is 0 Å². The van der Waals surface area contributed by atoms with Crippen LogP contribution in [0.4, 0.5) is 0 Å². The number of pyridine rings is 1. The number of aliphatic imine (C=N–C) groups is 1. The highest BCUT2D eigenvalue weighted by molar-refractivity contribution is 5.79. The van der Waals surface area contributed by atoms with Gasteiger partial charge < -0.3 is 20.1 Å². The highest BCUT2D eigenvalue weighted by Crippen LogP contribution is 2.28. The van der Waals surface area contributed by atoms with Crippen molar-refractivity contribution in [2.24, 2.45) is 4.99 Å². The summed E-state index contributed by atoms with van der Waals surface area (Å²) in [6.45, 7) is 4.18. The van der Waals surface area contributed by atoms with Crippen LogP contribution in [-0.2, 0) is 13.0 Å². The fourth-order valence-corrected chi connectivity index (χ4v) is 2.41. The minimum atomic E-state index is 0.647. The molecule has 1 aromatic heterocycles. The van der Waals surface area contributed by atoms with E-state index in [1.54, 1.807) is 14.2 Å². The summed E-state index contributed by atoms with van der Waals surface area (Å²) >= 11 is 0. The molecule has 0 atom stereocenters. The summed E-state index contributed by atoms with van der Waals surface area (Å²) in [7, 11) is 3.42. The lowest BCUT2D eigenvalue weighted by molar-refractivity contribution is 0.294. The van der Waals surface area contributed by atoms with Crippen molar-refractivity contribution in [1.29, 1.82) is 0 Å². The molecule has 2 aromatic rings. The first-order valence-corrected chi connectivity index (χ1v) is 8.91. The van der Waals surface area contributed by atoms with Crippen molar-refractivity contribution in [3.63, 3.8) is 0 Å². The molecular weight excluding hydrogens is 328 g/mol. The number of hydrogen-bond acceptors (Lipinski definition) is 4. The Morgan fingerprint density at radius 1 is 1.15 bits per heavy atom. The quantitative estimate of drug-likeness (QED) is 0.534. The van der Waals surface area contributed by atoms with E-state index in [2.05, 4.69) is 27.5 Å². The minimum Gasteiger partial charge on any atom is -0.493 e. The molecule has 0 bridgehead atoms. The van der Waals surface area contributed by atoms with Gasteiger partial charge in [0, 0.05) is 38.4 Å². The smallest absolute Gasteiger partial charge is 0.191 e. The van der Waals surface area contributed by atoms with Crippen LogP contribution in [0.15, 0.2) is 47.6 Å². The van der Waals surface area contributed by atoms with Gasteiger partial charge in [0.05, 0.1) is 13.7 Å². The monoisotopic (exact) mass is 356 g/mol. The molecule has 0 aliphatic rings. The summed E-state index contributed by atoms with van der Waals surface area (Å²) in [4.78, 5) is 8.57. The van der Waals surface area contributed by atoms with Crippen LogP contribution in [-0.4, -0.2) is 38.3 Å². The van der Waals surface area contributed by atoms with Gasteiger partial charge in [-0.1, -0.05) is 19.1 Å². The number of aromatic nitrogens is 1. The van der Waals surface area contributed by atoms with Gasteiger partial charge in [0.25, 0.3) is 0 Å². The third-order valence-corrected chi connectivity index (χ3v) is 3.77. The van der Waals surface area contributed by atoms with Crippen molar-refractivity contribution in [3.05, 3.63) is 53.9 Å². The van der Waals surface area contributed by atoms with E-state index in [0.29, 0.717) is 13.2 Å². The molecule has 0 aliphatic heterocycles. The summed E-state index contributed by atoms with van der Waals surface area (Å²) in [5, 5.41) is 6.61. The molecule has 0 fully saturated rings. The van der Waals surface area contributed by atoms with Crippen LogP contribution in [0.3, 0.4) is 0 Å². The van der Waals surface area contributed by atoms with Gasteiger partial charge in [-0.15, -0.1) is 0 Å². The lowest BCUT2D eigenvalue weighted by atomic mass is 10.2. The summed E-state index contributed by atoms with van der Waals surface area (Å²) < 4.78 is 11.1. The molecule has 0 saturated carbocycles. The van der Waals surface area contributed by atoms with Crippen LogP contribution in [0.2, 0.25) is 0 Å². The van der Waals surface area contributed by atoms with Crippen LogP contribution >= 0.6 is 0 Å². The number of hydrogen-bond donors (Lipinski definition) is 2. The Morgan fingerprint density at radius 2 is 2.04 bits per heavy atom. The van der Waals surface area contributed by atoms with Crippen LogP contribution in [0.25, 0.3) is 0 Å². The van der Waals surface area contributed by atoms with E-state index in [9.17, 15) is 0 Å². The van der Waals surface area contributed by atoms with E-state index in [0.717, 1.165) is 48.1 Å². The third kappa shape index (κ3) is 6.27. The van der Waals surface area contributed by atoms with E-state index in [-0.39, 0.29) is 0 Å². The molecule has 0 unspecified atom stereocenters. The maximum atomic E-state index is 5.69. The average Bonchev–Trinajstić information content (AvgIpc) is 2.70. The van der Waals surface area contributed by atoms with Gasteiger partial charge in [0.2, 0.25) is 0 Å². The summed E-state index contributed by atoms with van der Waals surface area (Å²) in [5.74, 6) is 2.28. The predicted octanol–water partition coefficient (Wildman–Crippen LogP) is 2.79. The van der Waals surface area contributed by atoms with Crippen molar-refractivity contribution < 1.29 is 9.47 Å². The van der Waals surface area contributed by atoms with Gasteiger partial charge in [0.1, 0.15) is 0 Å². The van der Waals surface area contributed by atoms with Crippen molar-refractivity contribution >= 4 is 5.96 Å². The topological polar surface area (TPSA) is 67.8 Å². The van der Waals surface area contributed by atoms with E-state index in [4.69, 9.17) is 9.47 Å². The number of benzene rings is 1. The van der Waals surface area contributed by atoms with Crippen molar-refractivity contribution in [1.82, 2.24) is 15.6 Å². The lowest BCUT2D eigenvalue weighted by Gasteiger charge is -2.14. The molecule has 0 saturated heterocycles. The molecule has 1 heterocycles. The Labute approximate surface area is 155 Å². The maximum absolute atomic E-state index is 5.69. The zero-order chi connectivity index (χ0) is 18.6. The first-order chi connectivity index (χ1) is 12.8. The van der Waals surface area contributed by atoms with Crippen molar-refractivity contribution in [3.8, 4) is 11.5 Å². The van der Waals surface area contributed by atoms with Crippen LogP contribution in [0, 0.1) is 0 Å². The fourth-order valence-electron chi connectivity index (χ4n) is 2.41. The predicted molar refractivity (Wildman–Crippen MR) is 105 cm³/mol. The van der Waals surface area contributed by atoms with Gasteiger partial charge in [-0.25, -0.2) is 0 Å². The number of nitrogens with zero attached hydrogens (tertiary/aromatic N) is 2. The molecule has 1 aromatic carbocycles. The number of rotatable bonds is 9. The second-order valence-corrected chi connectivity index (χ2v) is 5.76. The molecule has 140 valence electrons. The molecule has 2 N–H and O–H groups in total. The average molecular weight is 356 g/mol. The van der Waals surface area contributed by atoms with E-state index in [1.165, 1.54) is 0 Å². The second-order valence-electron chi connectivity index (χ2n) is 5.76. The first-order valence-electron chi connectivity index (χ1n) is 8.91. The molecular formula is C20H28N4O2. The lowest BCUT2D eigenvalue weighted by Crippen LogP contribution is -2.37. The SMILES string of the molecule is CCCOc1ccc(CNC(=NC)NCCc2ccccn2)cc1OC. The normalized spacial score (nSPS) is 11.1. The Hall–Kier alpha value is -2.76. The maximum Gasteiger partial charge on any atom is 0.191 e. The van der Waals surface area contributed by atoms with E-state index < -0.39 is 0 Å². The molecule has 0 aliphatic carbocycles. The van der Waals surface area contributed by atoms with E-state index >= 15 is 0 Å². The largest absolute Gasteiger partial charge is 0.493 e. The molecule has 26 heavy (non-hydrogen) atoms. The Morgan fingerprint density at radius 3 is 2.73 bits per heavy atom. The van der Waals surface area contributed by atoms with Gasteiger partial charge in [0.15, 0.2) is 17.5 Å². The number of nitrogens with one attached hydrogen (secondary N) is 2. The second kappa shape index (κ2) is 11.0. The Balaban J connectivity index is 1.83. The van der Waals surface area contributed by atoms with E-state index in [1.807, 2.05) is 42.6 Å². The van der Waals surface area contributed by atoms with Crippen molar-refractivity contribution in [2.45, 2.75) is 26.3 Å². The Kier molecular flexibility index (Phi) is 8.26. The fraction of sp³-hybridized carbons (Fsp3) is 0.400. The summed E-state index contributed by atoms with van der Waals surface area (Å²) in [5.41, 5.74) is 2.15. The number of guanidine groups is 1. The summed E-state index contributed by atoms with van der Waals surface area (Å²) in [6, 6.07) is 11.9. The van der Waals surface area contributed by atoms with Crippen LogP contribution in [0.5, 0.6) is 11.5 Å². The third-order valence-electron chi connectivity index (χ3n) is 3.77. The highest BCUT2D eigenvalue weighted by atomic mass is 16.5. The molecule has 2 rings (SSSR count). The van der Waals surface area contributed by atoms with Crippen LogP contribution in [0.1, 0.15) is 24.6 Å². The standard InChI is InChI=1S/C20H28N4O2/c1-4-13-26-18-9-8-16(14-19(18)25-3)15-24-20(21-2)23-12-10-17-7-5-6-11-22-17/h5-9,11,14H,4,10,12-13,15H2,1-3H3,(H2,21,23,24). The first kappa shape index (κ1) is 19.6. The molecule has 0 radical (unpaired) electrons.